The maximum Gasteiger partial charge on any atom is 0.282 e. The zero-order valence-corrected chi connectivity index (χ0v) is 17.3. The van der Waals surface area contributed by atoms with E-state index in [1.165, 1.54) is 26.4 Å². The minimum atomic E-state index is -3.73. The molecule has 0 aliphatic rings. The van der Waals surface area contributed by atoms with E-state index >= 15 is 0 Å². The Balaban J connectivity index is 3.02. The highest BCUT2D eigenvalue weighted by atomic mass is 35.9. The van der Waals surface area contributed by atoms with Gasteiger partial charge in [-0.05, 0) is 69.2 Å². The summed E-state index contributed by atoms with van der Waals surface area (Å²) in [4.78, 5) is 0. The van der Waals surface area contributed by atoms with E-state index in [1.807, 2.05) is 0 Å². The lowest BCUT2D eigenvalue weighted by Gasteiger charge is -2.20. The van der Waals surface area contributed by atoms with Crippen molar-refractivity contribution in [1.82, 2.24) is 0 Å². The predicted octanol–water partition coefficient (Wildman–Crippen LogP) is 5.96. The van der Waals surface area contributed by atoms with Gasteiger partial charge in [-0.15, -0.1) is 0 Å². The Bertz CT molecular complexity index is 788. The molecule has 0 saturated carbocycles. The fourth-order valence-corrected chi connectivity index (χ4v) is 5.49. The van der Waals surface area contributed by atoms with Crippen LogP contribution in [-0.4, -0.2) is 14.2 Å². The fraction of sp³-hybridized carbons (Fsp3) is 0.143. The van der Waals surface area contributed by atoms with Crippen LogP contribution in [0.3, 0.4) is 0 Å². The lowest BCUT2D eigenvalue weighted by Crippen LogP contribution is -2.13. The molecule has 2 rings (SSSR count). The molecule has 0 N–H and O–H groups in total. The summed E-state index contributed by atoms with van der Waals surface area (Å²) in [6.45, 7) is 0. The minimum Gasteiger partial charge on any atom is -0.496 e. The van der Waals surface area contributed by atoms with E-state index in [2.05, 4.69) is 0 Å². The van der Waals surface area contributed by atoms with E-state index in [4.69, 9.17) is 54.4 Å². The van der Waals surface area contributed by atoms with Crippen LogP contribution in [0, 0.1) is 0 Å². The molecule has 4 nitrogen and oxygen atoms in total. The van der Waals surface area contributed by atoms with Gasteiger partial charge in [0, 0.05) is 11.1 Å². The third-order valence-corrected chi connectivity index (χ3v) is 7.31. The van der Waals surface area contributed by atoms with Gasteiger partial charge in [-0.3, -0.25) is 9.13 Å². The molecule has 0 unspecified atom stereocenters. The van der Waals surface area contributed by atoms with Crippen molar-refractivity contribution < 1.29 is 18.6 Å². The Morgan fingerprint density at radius 1 is 0.708 bits per heavy atom. The number of ether oxygens (including phenoxy) is 2. The number of hydrogen-bond donors (Lipinski definition) is 0. The maximum absolute atomic E-state index is 12.3. The Morgan fingerprint density at radius 3 is 1.29 bits per heavy atom. The third-order valence-electron chi connectivity index (χ3n) is 3.26. The number of rotatable bonds is 5. The van der Waals surface area contributed by atoms with Crippen LogP contribution in [0.4, 0.5) is 0 Å². The summed E-state index contributed by atoms with van der Waals surface area (Å²) >= 11 is 23.6. The van der Waals surface area contributed by atoms with Crippen molar-refractivity contribution in [1.29, 1.82) is 0 Å². The van der Waals surface area contributed by atoms with Crippen molar-refractivity contribution in [3.63, 3.8) is 0 Å². The molecule has 0 radical (unpaired) electrons. The summed E-state index contributed by atoms with van der Waals surface area (Å²) in [5.74, 6) is -6.85. The third kappa shape index (κ3) is 4.07. The standard InChI is InChI=1S/C14H12Cl4O4P2/c1-21-9-5-3-7-11(23(15,16)19)13(9)14-10(22-2)6-4-8-12(14)24(17,18)20/h3-8H,1-2H3. The largest absolute Gasteiger partial charge is 0.496 e. The first kappa shape index (κ1) is 20.0. The molecule has 24 heavy (non-hydrogen) atoms. The average Bonchev–Trinajstić information content (AvgIpc) is 2.51. The highest BCUT2D eigenvalue weighted by molar-refractivity contribution is 8.14. The predicted molar refractivity (Wildman–Crippen MR) is 103 cm³/mol. The van der Waals surface area contributed by atoms with Crippen LogP contribution in [0.2, 0.25) is 0 Å². The molecular formula is C14H12Cl4O4P2. The Labute approximate surface area is 158 Å². The van der Waals surface area contributed by atoms with Crippen LogP contribution >= 0.6 is 56.7 Å². The second-order valence-corrected chi connectivity index (χ2v) is 14.2. The van der Waals surface area contributed by atoms with Gasteiger partial charge < -0.3 is 9.47 Å². The first-order chi connectivity index (χ1) is 11.1. The molecule has 0 saturated heterocycles. The van der Waals surface area contributed by atoms with E-state index in [-0.39, 0.29) is 21.7 Å². The Morgan fingerprint density at radius 2 is 1.04 bits per heavy atom. The number of hydrogen-bond acceptors (Lipinski definition) is 4. The number of methoxy groups -OCH3 is 2. The Hall–Kier alpha value is -0.340. The van der Waals surface area contributed by atoms with Crippen molar-refractivity contribution in [3.05, 3.63) is 36.4 Å². The zero-order chi connectivity index (χ0) is 18.1. The summed E-state index contributed by atoms with van der Waals surface area (Å²) in [6, 6.07) is 9.39. The summed E-state index contributed by atoms with van der Waals surface area (Å²) in [6.07, 6.45) is 0. The van der Waals surface area contributed by atoms with Gasteiger partial charge in [0.25, 0.3) is 11.7 Å². The SMILES string of the molecule is COc1cccc(P(=O)(Cl)Cl)c1-c1c(OC)cccc1P(=O)(Cl)Cl. The topological polar surface area (TPSA) is 52.6 Å². The quantitative estimate of drug-likeness (QED) is 0.530. The van der Waals surface area contributed by atoms with Crippen molar-refractivity contribution in [3.8, 4) is 22.6 Å². The van der Waals surface area contributed by atoms with Crippen molar-refractivity contribution in [2.45, 2.75) is 0 Å². The molecule has 0 aromatic heterocycles. The molecule has 130 valence electrons. The molecule has 10 heteroatoms. The number of halogens is 4. The normalized spacial score (nSPS) is 12.1. The van der Waals surface area contributed by atoms with Gasteiger partial charge >= 0.3 is 0 Å². The van der Waals surface area contributed by atoms with E-state index in [1.54, 1.807) is 24.3 Å². The maximum atomic E-state index is 12.3. The first-order valence-electron chi connectivity index (χ1n) is 6.45. The lowest BCUT2D eigenvalue weighted by atomic mass is 10.0. The van der Waals surface area contributed by atoms with Gasteiger partial charge in [0.2, 0.25) is 0 Å². The second-order valence-electron chi connectivity index (χ2n) is 4.63. The van der Waals surface area contributed by atoms with Crippen molar-refractivity contribution in [2.75, 3.05) is 14.2 Å². The fourth-order valence-electron chi connectivity index (χ4n) is 2.32. The first-order valence-corrected chi connectivity index (χ1v) is 13.5. The average molecular weight is 448 g/mol. The van der Waals surface area contributed by atoms with Crippen LogP contribution in [0.1, 0.15) is 0 Å². The molecule has 0 fully saturated rings. The van der Waals surface area contributed by atoms with E-state index in [0.717, 1.165) is 0 Å². The molecule has 0 aliphatic heterocycles. The summed E-state index contributed by atoms with van der Waals surface area (Å²) in [5.41, 5.74) is 0.532. The molecule has 2 aromatic rings. The lowest BCUT2D eigenvalue weighted by molar-refractivity contribution is 0.411. The highest BCUT2D eigenvalue weighted by Gasteiger charge is 2.32. The van der Waals surface area contributed by atoms with Crippen LogP contribution in [0.5, 0.6) is 11.5 Å². The summed E-state index contributed by atoms with van der Waals surface area (Å²) in [5, 5.41) is 0.218. The molecule has 0 spiro atoms. The molecular weight excluding hydrogens is 436 g/mol. The van der Waals surface area contributed by atoms with Crippen molar-refractivity contribution in [2.24, 2.45) is 0 Å². The minimum absolute atomic E-state index is 0.109. The van der Waals surface area contributed by atoms with Gasteiger partial charge in [0.1, 0.15) is 11.5 Å². The molecule has 0 amide bonds. The van der Waals surface area contributed by atoms with Crippen LogP contribution in [0.15, 0.2) is 36.4 Å². The van der Waals surface area contributed by atoms with Crippen LogP contribution < -0.4 is 20.1 Å². The van der Waals surface area contributed by atoms with Gasteiger partial charge in [0.05, 0.1) is 24.8 Å². The molecule has 0 aliphatic carbocycles. The van der Waals surface area contributed by atoms with Gasteiger partial charge in [-0.25, -0.2) is 0 Å². The molecule has 0 bridgehead atoms. The molecule has 0 atom stereocenters. The van der Waals surface area contributed by atoms with E-state index in [0.29, 0.717) is 11.5 Å². The molecule has 2 aromatic carbocycles. The Kier molecular flexibility index (Phi) is 6.24. The second kappa shape index (κ2) is 7.50. The monoisotopic (exact) mass is 446 g/mol. The van der Waals surface area contributed by atoms with Crippen LogP contribution in [-0.2, 0) is 9.13 Å². The van der Waals surface area contributed by atoms with Crippen molar-refractivity contribution >= 4 is 67.3 Å². The summed E-state index contributed by atoms with van der Waals surface area (Å²) in [7, 11) is 2.85. The van der Waals surface area contributed by atoms with Gasteiger partial charge in [-0.1, -0.05) is 12.1 Å². The van der Waals surface area contributed by atoms with E-state index in [9.17, 15) is 9.13 Å². The molecule has 0 heterocycles. The van der Waals surface area contributed by atoms with Gasteiger partial charge in [0.15, 0.2) is 0 Å². The van der Waals surface area contributed by atoms with Gasteiger partial charge in [-0.2, -0.15) is 0 Å². The smallest absolute Gasteiger partial charge is 0.282 e. The summed E-state index contributed by atoms with van der Waals surface area (Å²) < 4.78 is 35.3. The zero-order valence-electron chi connectivity index (χ0n) is 12.5. The van der Waals surface area contributed by atoms with Crippen LogP contribution in [0.25, 0.3) is 11.1 Å². The number of benzene rings is 2. The highest BCUT2D eigenvalue weighted by Crippen LogP contribution is 2.61. The van der Waals surface area contributed by atoms with E-state index < -0.39 is 11.7 Å².